The van der Waals surface area contributed by atoms with Crippen LogP contribution in [0.2, 0.25) is 0 Å². The molecule has 32 heavy (non-hydrogen) atoms. The average Bonchev–Trinajstić information content (AvgIpc) is 3.25. The fraction of sp³-hybridized carbons (Fsp3) is 0.409. The van der Waals surface area contributed by atoms with Gasteiger partial charge in [0, 0.05) is 6.54 Å². The Morgan fingerprint density at radius 3 is 2.59 bits per heavy atom. The van der Waals surface area contributed by atoms with Crippen LogP contribution >= 0.6 is 0 Å². The van der Waals surface area contributed by atoms with Gasteiger partial charge in [0.05, 0.1) is 12.3 Å². The van der Waals surface area contributed by atoms with Crippen LogP contribution in [0.25, 0.3) is 5.69 Å². The lowest BCUT2D eigenvalue weighted by molar-refractivity contribution is -0.001000. The molecule has 8 nitrogen and oxygen atoms in total. The van der Waals surface area contributed by atoms with Crippen molar-refractivity contribution in [3.05, 3.63) is 54.1 Å². The Hall–Kier alpha value is -2.39. The summed E-state index contributed by atoms with van der Waals surface area (Å²) in [4.78, 5) is 0. The molecule has 0 atom stereocenters. The van der Waals surface area contributed by atoms with Gasteiger partial charge in [0.2, 0.25) is 0 Å². The topological polar surface area (TPSA) is 86.1 Å². The summed E-state index contributed by atoms with van der Waals surface area (Å²) in [5.41, 5.74) is 1.98. The number of piperidine rings is 1. The summed E-state index contributed by atoms with van der Waals surface area (Å²) in [6.45, 7) is 6.58. The smallest absolute Gasteiger partial charge is 0.346 e. The van der Waals surface area contributed by atoms with Crippen LogP contribution in [0, 0.1) is 5.92 Å². The zero-order valence-electron chi connectivity index (χ0n) is 18.0. The van der Waals surface area contributed by atoms with Crippen molar-refractivity contribution in [3.8, 4) is 23.2 Å². The maximum Gasteiger partial charge on any atom is 0.346 e. The second-order valence-corrected chi connectivity index (χ2v) is 7.35. The van der Waals surface area contributed by atoms with E-state index in [9.17, 15) is 0 Å². The van der Waals surface area contributed by atoms with Gasteiger partial charge in [-0.1, -0.05) is 29.4 Å². The van der Waals surface area contributed by atoms with Crippen molar-refractivity contribution in [1.29, 1.82) is 0 Å². The number of halogens is 2. The number of aromatic nitrogens is 4. The summed E-state index contributed by atoms with van der Waals surface area (Å²) in [5, 5.41) is 18.8. The van der Waals surface area contributed by atoms with E-state index in [1.54, 1.807) is 4.68 Å². The van der Waals surface area contributed by atoms with Gasteiger partial charge in [-0.3, -0.25) is 0 Å². The van der Waals surface area contributed by atoms with Crippen LogP contribution < -0.4 is 44.9 Å². The Morgan fingerprint density at radius 2 is 1.84 bits per heavy atom. The van der Waals surface area contributed by atoms with Gasteiger partial charge in [-0.15, -0.1) is 0 Å². The first-order valence-corrected chi connectivity index (χ1v) is 10.5. The van der Waals surface area contributed by atoms with E-state index in [0.29, 0.717) is 24.1 Å². The van der Waals surface area contributed by atoms with Crippen LogP contribution in [-0.4, -0.2) is 46.4 Å². The Balaban J connectivity index is 0.00000181. The predicted octanol–water partition coefficient (Wildman–Crippen LogP) is -3.05. The molecule has 10 heteroatoms. The molecule has 1 aliphatic heterocycles. The van der Waals surface area contributed by atoms with Gasteiger partial charge in [-0.25, -0.2) is 0 Å². The molecule has 0 radical (unpaired) electrons. The van der Waals surface area contributed by atoms with E-state index in [0.717, 1.165) is 43.3 Å². The Labute approximate surface area is 200 Å². The number of hydrogen-bond donors (Lipinski definition) is 2. The molecule has 2 N–H and O–H groups in total. The molecule has 1 fully saturated rings. The van der Waals surface area contributed by atoms with Gasteiger partial charge in [0.25, 0.3) is 0 Å². The lowest BCUT2D eigenvalue weighted by atomic mass is 9.98. The molecule has 0 aliphatic carbocycles. The van der Waals surface area contributed by atoms with Crippen molar-refractivity contribution in [2.75, 3.05) is 26.2 Å². The minimum absolute atomic E-state index is 0. The van der Waals surface area contributed by atoms with Crippen LogP contribution in [0.4, 0.5) is 0 Å². The van der Waals surface area contributed by atoms with E-state index in [2.05, 4.69) is 26.2 Å². The first-order valence-electron chi connectivity index (χ1n) is 10.5. The van der Waals surface area contributed by atoms with E-state index in [-0.39, 0.29) is 24.8 Å². The van der Waals surface area contributed by atoms with E-state index >= 15 is 0 Å². The summed E-state index contributed by atoms with van der Waals surface area (Å²) in [6.07, 6.45) is 2.47. The number of benzene rings is 2. The quantitative estimate of drug-likeness (QED) is 0.338. The minimum Gasteiger partial charge on any atom is -1.00 e. The molecule has 2 aromatic carbocycles. The number of nitrogens with one attached hydrogen (secondary N) is 2. The summed E-state index contributed by atoms with van der Waals surface area (Å²) in [6, 6.07) is 15.9. The van der Waals surface area contributed by atoms with Gasteiger partial charge in [0.15, 0.2) is 11.5 Å². The van der Waals surface area contributed by atoms with Gasteiger partial charge < -0.3 is 44.9 Å². The number of nitrogens with zero attached hydrogens (tertiary/aromatic N) is 4. The van der Waals surface area contributed by atoms with Crippen molar-refractivity contribution >= 4 is 0 Å². The molecule has 0 bridgehead atoms. The van der Waals surface area contributed by atoms with E-state index in [4.69, 9.17) is 9.47 Å². The van der Waals surface area contributed by atoms with Crippen LogP contribution in [0.3, 0.4) is 0 Å². The van der Waals surface area contributed by atoms with Crippen LogP contribution in [-0.2, 0) is 6.54 Å². The highest BCUT2D eigenvalue weighted by Gasteiger charge is 2.15. The molecule has 1 saturated heterocycles. The van der Waals surface area contributed by atoms with Crippen LogP contribution in [0.5, 0.6) is 17.5 Å². The monoisotopic (exact) mass is 478 g/mol. The standard InChI is InChI=1S/C22H28N6O2.2ClH/c1-2-29-21-14-18(16-24-15-17-10-12-23-13-11-17)8-9-20(21)30-22-25-26-27-28(22)19-6-4-3-5-7-19;;/h3-9,14,17,23-24H,2,10-13,15-16H2,1H3;2*1H/p-2. The zero-order chi connectivity index (χ0) is 20.6. The number of para-hydroxylation sites is 1. The zero-order valence-corrected chi connectivity index (χ0v) is 19.5. The SMILES string of the molecule is CCOc1cc(CNCC2CCNCC2)ccc1Oc1nnnn1-c1ccccc1.[Cl-].[Cl-]. The molecular formula is C22H28Cl2N6O2-2. The Bertz CT molecular complexity index is 935. The molecule has 3 aromatic rings. The molecule has 1 aromatic heterocycles. The summed E-state index contributed by atoms with van der Waals surface area (Å²) in [5.74, 6) is 2.02. The van der Waals surface area contributed by atoms with Crippen LogP contribution in [0.1, 0.15) is 25.3 Å². The molecule has 2 heterocycles. The number of ether oxygens (including phenoxy) is 2. The maximum atomic E-state index is 6.02. The third-order valence-electron chi connectivity index (χ3n) is 5.17. The van der Waals surface area contributed by atoms with Crippen molar-refractivity contribution in [2.24, 2.45) is 5.92 Å². The average molecular weight is 479 g/mol. The van der Waals surface area contributed by atoms with Gasteiger partial charge >= 0.3 is 6.01 Å². The van der Waals surface area contributed by atoms with Crippen molar-refractivity contribution < 1.29 is 34.3 Å². The molecule has 1 aliphatic rings. The number of rotatable bonds is 9. The molecule has 0 saturated carbocycles. The minimum atomic E-state index is 0. The van der Waals surface area contributed by atoms with Gasteiger partial charge in [-0.05, 0) is 85.6 Å². The molecule has 4 rings (SSSR count). The highest BCUT2D eigenvalue weighted by Crippen LogP contribution is 2.32. The fourth-order valence-corrected chi connectivity index (χ4v) is 3.59. The third kappa shape index (κ3) is 6.80. The van der Waals surface area contributed by atoms with E-state index < -0.39 is 0 Å². The van der Waals surface area contributed by atoms with Gasteiger partial charge in [0.1, 0.15) is 0 Å². The lowest BCUT2D eigenvalue weighted by Crippen LogP contribution is -3.00. The molecule has 174 valence electrons. The second kappa shape index (κ2) is 13.2. The lowest BCUT2D eigenvalue weighted by Gasteiger charge is -2.23. The van der Waals surface area contributed by atoms with Gasteiger partial charge in [-0.2, -0.15) is 4.68 Å². The maximum absolute atomic E-state index is 6.02. The van der Waals surface area contributed by atoms with Crippen molar-refractivity contribution in [1.82, 2.24) is 30.8 Å². The number of hydrogen-bond acceptors (Lipinski definition) is 7. The number of tetrazole rings is 1. The van der Waals surface area contributed by atoms with E-state index in [1.165, 1.54) is 12.8 Å². The van der Waals surface area contributed by atoms with E-state index in [1.807, 2.05) is 55.5 Å². The summed E-state index contributed by atoms with van der Waals surface area (Å²) in [7, 11) is 0. The first-order chi connectivity index (χ1) is 14.8. The highest BCUT2D eigenvalue weighted by molar-refractivity contribution is 5.44. The highest BCUT2D eigenvalue weighted by atomic mass is 35.5. The van der Waals surface area contributed by atoms with Crippen molar-refractivity contribution in [2.45, 2.75) is 26.3 Å². The normalized spacial score (nSPS) is 13.7. The third-order valence-corrected chi connectivity index (χ3v) is 5.17. The molecule has 0 spiro atoms. The molecule has 0 amide bonds. The second-order valence-electron chi connectivity index (χ2n) is 7.35. The molecular weight excluding hydrogens is 451 g/mol. The Kier molecular flexibility index (Phi) is 10.7. The fourth-order valence-electron chi connectivity index (χ4n) is 3.59. The largest absolute Gasteiger partial charge is 1.00 e. The Morgan fingerprint density at radius 1 is 1.06 bits per heavy atom. The van der Waals surface area contributed by atoms with Crippen LogP contribution in [0.15, 0.2) is 48.5 Å². The summed E-state index contributed by atoms with van der Waals surface area (Å²) < 4.78 is 13.4. The first kappa shape index (κ1) is 25.9. The summed E-state index contributed by atoms with van der Waals surface area (Å²) >= 11 is 0. The predicted molar refractivity (Wildman–Crippen MR) is 114 cm³/mol. The molecule has 0 unspecified atom stereocenters. The van der Waals surface area contributed by atoms with Crippen molar-refractivity contribution in [3.63, 3.8) is 0 Å².